The van der Waals surface area contributed by atoms with E-state index in [1.165, 1.54) is 6.07 Å². The molecule has 1 unspecified atom stereocenters. The summed E-state index contributed by atoms with van der Waals surface area (Å²) in [5, 5.41) is 13.2. The van der Waals surface area contributed by atoms with Gasteiger partial charge in [0.15, 0.2) is 5.82 Å². The molecule has 0 aromatic heterocycles. The highest BCUT2D eigenvalue weighted by Gasteiger charge is 2.35. The molecule has 9 heteroatoms. The topological polar surface area (TPSA) is 75.5 Å². The molecule has 1 fully saturated rings. The van der Waals surface area contributed by atoms with Crippen molar-refractivity contribution in [3.8, 4) is 0 Å². The second-order valence-corrected chi connectivity index (χ2v) is 5.47. The number of halogens is 3. The monoisotopic (exact) mass is 351 g/mol. The van der Waals surface area contributed by atoms with Crippen LogP contribution in [0.5, 0.6) is 0 Å². The van der Waals surface area contributed by atoms with Gasteiger partial charge in [0, 0.05) is 12.6 Å². The third-order valence-corrected chi connectivity index (χ3v) is 3.91. The number of carbonyl (C=O) groups excluding carboxylic acids is 1. The number of carbonyl (C=O) groups is 1. The second kappa shape index (κ2) is 6.42. The van der Waals surface area contributed by atoms with Gasteiger partial charge in [-0.15, -0.1) is 0 Å². The molecule has 1 amide bonds. The Morgan fingerprint density at radius 2 is 1.80 bits per heavy atom. The largest absolute Gasteiger partial charge is 0.371 e. The number of benzene rings is 2. The second-order valence-electron chi connectivity index (χ2n) is 5.47. The summed E-state index contributed by atoms with van der Waals surface area (Å²) in [5.74, 6) is -3.23. The van der Waals surface area contributed by atoms with Crippen LogP contribution in [0, 0.1) is 27.6 Å². The first-order valence-corrected chi connectivity index (χ1v) is 7.34. The molecule has 1 aliphatic rings. The number of hydrogen-bond acceptors (Lipinski definition) is 4. The van der Waals surface area contributed by atoms with Crippen molar-refractivity contribution in [2.24, 2.45) is 0 Å². The van der Waals surface area contributed by atoms with Crippen LogP contribution in [0.25, 0.3) is 0 Å². The van der Waals surface area contributed by atoms with Gasteiger partial charge >= 0.3 is 0 Å². The van der Waals surface area contributed by atoms with Crippen molar-refractivity contribution in [2.45, 2.75) is 12.5 Å². The molecule has 0 spiro atoms. The van der Waals surface area contributed by atoms with Crippen molar-refractivity contribution in [2.75, 3.05) is 16.8 Å². The van der Waals surface area contributed by atoms with Crippen LogP contribution in [0.2, 0.25) is 0 Å². The van der Waals surface area contributed by atoms with Crippen LogP contribution < -0.4 is 10.2 Å². The van der Waals surface area contributed by atoms with Crippen LogP contribution in [0.4, 0.5) is 30.2 Å². The first-order chi connectivity index (χ1) is 11.9. The highest BCUT2D eigenvalue weighted by molar-refractivity contribution is 6.01. The fraction of sp³-hybridized carbons (Fsp3) is 0.188. The summed E-state index contributed by atoms with van der Waals surface area (Å²) >= 11 is 0. The third-order valence-electron chi connectivity index (χ3n) is 3.91. The fourth-order valence-electron chi connectivity index (χ4n) is 2.71. The van der Waals surface area contributed by atoms with Crippen LogP contribution in [-0.2, 0) is 4.79 Å². The molecule has 2 aromatic rings. The molecule has 1 atom stereocenters. The van der Waals surface area contributed by atoms with E-state index in [4.69, 9.17) is 0 Å². The lowest BCUT2D eigenvalue weighted by molar-refractivity contribution is -0.385. The first-order valence-electron chi connectivity index (χ1n) is 7.34. The molecular formula is C16H12F3N3O3. The summed E-state index contributed by atoms with van der Waals surface area (Å²) in [5.41, 5.74) is -0.961. The van der Waals surface area contributed by atoms with Gasteiger partial charge in [-0.25, -0.2) is 13.2 Å². The molecule has 1 N–H and O–H groups in total. The van der Waals surface area contributed by atoms with Gasteiger partial charge in [-0.2, -0.15) is 0 Å². The van der Waals surface area contributed by atoms with E-state index in [2.05, 4.69) is 5.32 Å². The fourth-order valence-corrected chi connectivity index (χ4v) is 2.71. The van der Waals surface area contributed by atoms with Crippen LogP contribution >= 0.6 is 0 Å². The standard InChI is InChI=1S/C16H12F3N3O3/c17-10-2-1-3-11(18)15(10)21-7-6-14(16(21)23)20-13-5-4-9(22(24)25)8-12(13)19/h1-5,8,14,20H,6-7H2. The van der Waals surface area contributed by atoms with Crippen molar-refractivity contribution in [3.05, 3.63) is 64.0 Å². The summed E-state index contributed by atoms with van der Waals surface area (Å²) in [7, 11) is 0. The van der Waals surface area contributed by atoms with Crippen molar-refractivity contribution < 1.29 is 22.9 Å². The molecule has 1 heterocycles. The van der Waals surface area contributed by atoms with Crippen molar-refractivity contribution in [3.63, 3.8) is 0 Å². The number of nitrogens with zero attached hydrogens (tertiary/aromatic N) is 2. The zero-order valence-corrected chi connectivity index (χ0v) is 12.7. The molecule has 6 nitrogen and oxygen atoms in total. The van der Waals surface area contributed by atoms with E-state index in [0.717, 1.165) is 35.2 Å². The quantitative estimate of drug-likeness (QED) is 0.678. The van der Waals surface area contributed by atoms with E-state index >= 15 is 0 Å². The van der Waals surface area contributed by atoms with Crippen molar-refractivity contribution >= 4 is 23.0 Å². The number of nitrogens with one attached hydrogen (secondary N) is 1. The van der Waals surface area contributed by atoms with E-state index in [-0.39, 0.29) is 18.7 Å². The van der Waals surface area contributed by atoms with Crippen LogP contribution in [0.1, 0.15) is 6.42 Å². The zero-order chi connectivity index (χ0) is 18.1. The van der Waals surface area contributed by atoms with E-state index in [0.29, 0.717) is 0 Å². The maximum Gasteiger partial charge on any atom is 0.272 e. The highest BCUT2D eigenvalue weighted by atomic mass is 19.1. The molecule has 1 saturated heterocycles. The smallest absolute Gasteiger partial charge is 0.272 e. The van der Waals surface area contributed by atoms with Gasteiger partial charge < -0.3 is 10.2 Å². The van der Waals surface area contributed by atoms with Crippen molar-refractivity contribution in [1.29, 1.82) is 0 Å². The number of hydrogen-bond donors (Lipinski definition) is 1. The van der Waals surface area contributed by atoms with Crippen LogP contribution in [-0.4, -0.2) is 23.4 Å². The third kappa shape index (κ3) is 3.12. The van der Waals surface area contributed by atoms with E-state index in [1.54, 1.807) is 0 Å². The minimum absolute atomic E-state index is 0.0585. The number of para-hydroxylation sites is 1. The Morgan fingerprint density at radius 3 is 2.40 bits per heavy atom. The molecule has 0 bridgehead atoms. The number of nitro groups is 1. The predicted molar refractivity (Wildman–Crippen MR) is 83.8 cm³/mol. The Labute approximate surface area is 140 Å². The Morgan fingerprint density at radius 1 is 1.12 bits per heavy atom. The molecule has 1 aliphatic heterocycles. The minimum Gasteiger partial charge on any atom is -0.371 e. The molecule has 0 aliphatic carbocycles. The van der Waals surface area contributed by atoms with Gasteiger partial charge in [-0.1, -0.05) is 6.07 Å². The van der Waals surface area contributed by atoms with Gasteiger partial charge in [0.25, 0.3) is 5.69 Å². The maximum absolute atomic E-state index is 13.9. The summed E-state index contributed by atoms with van der Waals surface area (Å²) in [4.78, 5) is 23.2. The van der Waals surface area contributed by atoms with E-state index in [9.17, 15) is 28.1 Å². The lowest BCUT2D eigenvalue weighted by Gasteiger charge is -2.19. The molecule has 130 valence electrons. The number of anilines is 2. The lowest BCUT2D eigenvalue weighted by Crippen LogP contribution is -2.34. The Hall–Kier alpha value is -3.10. The SMILES string of the molecule is O=C1C(Nc2ccc([N+](=O)[O-])cc2F)CCN1c1c(F)cccc1F. The Bertz CT molecular complexity index is 840. The van der Waals surface area contributed by atoms with E-state index in [1.807, 2.05) is 0 Å². The van der Waals surface area contributed by atoms with Gasteiger partial charge in [-0.3, -0.25) is 14.9 Å². The van der Waals surface area contributed by atoms with E-state index < -0.39 is 45.7 Å². The summed E-state index contributed by atoms with van der Waals surface area (Å²) < 4.78 is 41.6. The Kier molecular flexibility index (Phi) is 4.30. The normalized spacial score (nSPS) is 17.0. The number of amides is 1. The summed E-state index contributed by atoms with van der Waals surface area (Å²) in [6, 6.07) is 5.36. The summed E-state index contributed by atoms with van der Waals surface area (Å²) in [6.07, 6.45) is 0.197. The number of rotatable bonds is 4. The van der Waals surface area contributed by atoms with Crippen LogP contribution in [0.3, 0.4) is 0 Å². The van der Waals surface area contributed by atoms with Gasteiger partial charge in [0.2, 0.25) is 5.91 Å². The molecule has 3 rings (SSSR count). The average Bonchev–Trinajstić information content (AvgIpc) is 2.90. The van der Waals surface area contributed by atoms with Gasteiger partial charge in [-0.05, 0) is 24.6 Å². The zero-order valence-electron chi connectivity index (χ0n) is 12.7. The van der Waals surface area contributed by atoms with Gasteiger partial charge in [0.1, 0.15) is 23.4 Å². The van der Waals surface area contributed by atoms with Gasteiger partial charge in [0.05, 0.1) is 16.7 Å². The first kappa shape index (κ1) is 16.7. The summed E-state index contributed by atoms with van der Waals surface area (Å²) in [6.45, 7) is 0.0585. The Balaban J connectivity index is 1.80. The van der Waals surface area contributed by atoms with Crippen molar-refractivity contribution in [1.82, 2.24) is 0 Å². The maximum atomic E-state index is 13.9. The number of nitro benzene ring substituents is 1. The predicted octanol–water partition coefficient (Wildman–Crippen LogP) is 3.23. The molecule has 25 heavy (non-hydrogen) atoms. The lowest BCUT2D eigenvalue weighted by atomic mass is 10.2. The number of non-ortho nitro benzene ring substituents is 1. The minimum atomic E-state index is -0.894. The average molecular weight is 351 g/mol. The molecule has 0 saturated carbocycles. The highest BCUT2D eigenvalue weighted by Crippen LogP contribution is 2.29. The molecular weight excluding hydrogens is 339 g/mol. The van der Waals surface area contributed by atoms with Crippen LogP contribution in [0.15, 0.2) is 36.4 Å². The molecule has 0 radical (unpaired) electrons. The molecule has 2 aromatic carbocycles.